The van der Waals surface area contributed by atoms with E-state index in [9.17, 15) is 44.2 Å². The molecule has 0 aromatic carbocycles. The van der Waals surface area contributed by atoms with E-state index in [0.29, 0.717) is 83.5 Å². The molecule has 1 amide bonds. The smallest absolute Gasteiger partial charge is 0.413 e. The summed E-state index contributed by atoms with van der Waals surface area (Å²) in [4.78, 5) is 38.0. The molecule has 3 aliphatic heterocycles. The van der Waals surface area contributed by atoms with Crippen molar-refractivity contribution in [2.45, 2.75) is 178 Å². The summed E-state index contributed by atoms with van der Waals surface area (Å²) < 4.78 is 138. The van der Waals surface area contributed by atoms with Crippen molar-refractivity contribution in [1.29, 1.82) is 0 Å². The van der Waals surface area contributed by atoms with Crippen LogP contribution in [0.3, 0.4) is 0 Å². The van der Waals surface area contributed by atoms with Gasteiger partial charge in [-0.25, -0.2) is 8.37 Å². The number of hydrogen-bond donors (Lipinski definition) is 5. The van der Waals surface area contributed by atoms with Crippen LogP contribution in [-0.2, 0) is 81.9 Å². The topological polar surface area (TPSA) is 312 Å². The highest BCUT2D eigenvalue weighted by molar-refractivity contribution is 7.81. The summed E-state index contributed by atoms with van der Waals surface area (Å²) in [5.41, 5.74) is 1.85. The molecule has 5 N–H and O–H groups in total. The molecular weight excluding hydrogens is 901 g/mol. The van der Waals surface area contributed by atoms with E-state index in [1.807, 2.05) is 19.3 Å². The Morgan fingerprint density at radius 2 is 1.57 bits per heavy atom. The Morgan fingerprint density at radius 1 is 0.873 bits per heavy atom. The number of hydrogen-bond acceptors (Lipinski definition) is 18. The quantitative estimate of drug-likeness (QED) is 0.0473. The molecule has 3 rings (SSSR count). The van der Waals surface area contributed by atoms with Gasteiger partial charge in [0.25, 0.3) is 0 Å². The van der Waals surface area contributed by atoms with Gasteiger partial charge in [-0.2, -0.15) is 35.0 Å². The van der Waals surface area contributed by atoms with Crippen LogP contribution in [-0.4, -0.2) is 125 Å². The molecule has 0 saturated carbocycles. The first-order valence-corrected chi connectivity index (χ1v) is 25.7. The van der Waals surface area contributed by atoms with Crippen LogP contribution >= 0.6 is 0 Å². The van der Waals surface area contributed by atoms with Crippen LogP contribution in [0.1, 0.15) is 136 Å². The van der Waals surface area contributed by atoms with Crippen molar-refractivity contribution in [2.75, 3.05) is 26.4 Å². The summed E-state index contributed by atoms with van der Waals surface area (Å²) in [6.45, 7) is 2.35. The maximum absolute atomic E-state index is 13.0. The predicted molar refractivity (Wildman–Crippen MR) is 221 cm³/mol. The molecule has 1 spiro atoms. The summed E-state index contributed by atoms with van der Waals surface area (Å²) >= 11 is 0. The van der Waals surface area contributed by atoms with Gasteiger partial charge >= 0.3 is 43.1 Å². The summed E-state index contributed by atoms with van der Waals surface area (Å²) in [6, 6.07) is -1.25. The molecule has 3 unspecified atom stereocenters. The molecule has 63 heavy (non-hydrogen) atoms. The minimum Gasteiger partial charge on any atom is -0.462 e. The van der Waals surface area contributed by atoms with Crippen LogP contribution in [0.25, 0.3) is 0 Å². The number of ether oxygens (including phenoxy) is 5. The molecule has 22 nitrogen and oxygen atoms in total. The van der Waals surface area contributed by atoms with Crippen molar-refractivity contribution in [1.82, 2.24) is 10.8 Å². The molecule has 3 aliphatic rings. The van der Waals surface area contributed by atoms with E-state index in [2.05, 4.69) is 13.8 Å². The lowest BCUT2D eigenvalue weighted by Crippen LogP contribution is -2.42. The second-order valence-electron chi connectivity index (χ2n) is 16.5. The summed E-state index contributed by atoms with van der Waals surface area (Å²) in [7, 11) is -14.8. The minimum atomic E-state index is -4.99. The van der Waals surface area contributed by atoms with Crippen molar-refractivity contribution in [3.63, 3.8) is 0 Å². The van der Waals surface area contributed by atoms with Gasteiger partial charge in [-0.15, -0.1) is 0 Å². The minimum absolute atomic E-state index is 0.0437. The molecule has 0 radical (unpaired) electrons. The summed E-state index contributed by atoms with van der Waals surface area (Å²) in [6.07, 6.45) is 10.4. The fourth-order valence-electron chi connectivity index (χ4n) is 7.65. The first-order valence-electron chi connectivity index (χ1n) is 21.6. The largest absolute Gasteiger partial charge is 0.462 e. The second kappa shape index (κ2) is 27.3. The number of rotatable bonds is 21. The standard InChI is InChI=1S/C38H66N2O20S3/c1-28(2)22-36(42)55-30-23-34-32-17-11-4-3-5-13-19-35(41)39-25-37(43)56-31(16-10-6-8-14-20-38(24-30,57-32)58-34)33(59-62(47,48)49)18-12-7-9-15-21-53-26-29(27-54-61(44,45)46)40-60-63(50,51)52/h13,19,28-34,40H,3-12,14-18,20-27H2,1-2H3,(H,39,41)(H,44,45,46)(H,47,48,49)(H,50,51,52)/b19-13+/t29?,30-,31?,32+,33?,34+,38-/m0/s1. The third-order valence-electron chi connectivity index (χ3n) is 10.4. The van der Waals surface area contributed by atoms with E-state index in [-0.39, 0.29) is 56.3 Å². The molecule has 3 heterocycles. The van der Waals surface area contributed by atoms with Crippen molar-refractivity contribution < 1.29 is 89.6 Å². The second-order valence-corrected chi connectivity index (χ2v) is 19.7. The first kappa shape index (κ1) is 54.9. The van der Waals surface area contributed by atoms with Gasteiger partial charge in [-0.3, -0.25) is 28.0 Å². The number of cyclic esters (lactones) is 1. The average molecular weight is 967 g/mol. The zero-order chi connectivity index (χ0) is 46.5. The predicted octanol–water partition coefficient (Wildman–Crippen LogP) is 3.77. The number of nitrogens with one attached hydrogen (secondary N) is 2. The van der Waals surface area contributed by atoms with Crippen molar-refractivity contribution in [2.24, 2.45) is 5.92 Å². The fourth-order valence-corrected chi connectivity index (χ4v) is 8.78. The summed E-state index contributed by atoms with van der Waals surface area (Å²) in [5.74, 6) is -2.31. The number of hydroxylamine groups is 1. The van der Waals surface area contributed by atoms with Gasteiger partial charge in [-0.1, -0.05) is 64.9 Å². The van der Waals surface area contributed by atoms with Crippen LogP contribution in [0.4, 0.5) is 0 Å². The highest BCUT2D eigenvalue weighted by Gasteiger charge is 2.53. The Bertz CT molecular complexity index is 1740. The van der Waals surface area contributed by atoms with Crippen LogP contribution in [0, 0.1) is 5.92 Å². The Hall–Kier alpha value is -2.40. The highest BCUT2D eigenvalue weighted by Crippen LogP contribution is 2.45. The van der Waals surface area contributed by atoms with Crippen molar-refractivity contribution in [3.8, 4) is 0 Å². The van der Waals surface area contributed by atoms with Crippen LogP contribution in [0.5, 0.6) is 0 Å². The SMILES string of the molecule is CC(C)CC(=O)O[C@H]1C[C@H]2O[C@@]3(CCCCCCC(C(CCCCCCOCC(COS(=O)(=O)O)NOS(=O)(=O)O)OS(=O)(=O)O)OC(=O)CNC(=O)/C=C/CCCCC[C@H]2O3)C1. The highest BCUT2D eigenvalue weighted by atomic mass is 32.3. The van der Waals surface area contributed by atoms with E-state index in [4.69, 9.17) is 37.0 Å². The molecule has 7 atom stereocenters. The van der Waals surface area contributed by atoms with Gasteiger partial charge in [0, 0.05) is 32.3 Å². The lowest BCUT2D eigenvalue weighted by atomic mass is 9.93. The van der Waals surface area contributed by atoms with Crippen LogP contribution in [0.2, 0.25) is 0 Å². The number of amides is 1. The van der Waals surface area contributed by atoms with Crippen molar-refractivity contribution >= 4 is 49.0 Å². The first-order chi connectivity index (χ1) is 29.6. The zero-order valence-electron chi connectivity index (χ0n) is 36.0. The average Bonchev–Trinajstić information content (AvgIpc) is 3.42. The Morgan fingerprint density at radius 3 is 2.29 bits per heavy atom. The monoisotopic (exact) mass is 966 g/mol. The van der Waals surface area contributed by atoms with Crippen molar-refractivity contribution in [3.05, 3.63) is 12.2 Å². The van der Waals surface area contributed by atoms with Crippen LogP contribution in [0.15, 0.2) is 12.2 Å². The molecule has 0 aromatic rings. The number of allylic oxidation sites excluding steroid dienone is 1. The van der Waals surface area contributed by atoms with E-state index in [1.54, 1.807) is 6.08 Å². The molecule has 2 fully saturated rings. The number of esters is 2. The number of fused-ring (bicyclic) bond motifs is 3. The molecule has 3 bridgehead atoms. The Balaban J connectivity index is 1.61. The van der Waals surface area contributed by atoms with Gasteiger partial charge in [0.05, 0.1) is 31.5 Å². The Labute approximate surface area is 370 Å². The molecular formula is C38H66N2O20S3. The van der Waals surface area contributed by atoms with E-state index in [1.165, 1.54) is 6.08 Å². The lowest BCUT2D eigenvalue weighted by Gasteiger charge is -2.36. The van der Waals surface area contributed by atoms with Gasteiger partial charge in [0.2, 0.25) is 5.91 Å². The molecule has 2 saturated heterocycles. The summed E-state index contributed by atoms with van der Waals surface area (Å²) in [5, 5.41) is 2.48. The van der Waals surface area contributed by atoms with E-state index >= 15 is 0 Å². The lowest BCUT2D eigenvalue weighted by molar-refractivity contribution is -0.223. The Kier molecular flexibility index (Phi) is 23.8. The van der Waals surface area contributed by atoms with E-state index in [0.717, 1.165) is 25.7 Å². The van der Waals surface area contributed by atoms with Crippen LogP contribution < -0.4 is 10.8 Å². The van der Waals surface area contributed by atoms with Gasteiger partial charge in [-0.05, 0) is 63.4 Å². The normalized spacial score (nSPS) is 26.7. The van der Waals surface area contributed by atoms with Gasteiger partial charge in [0.1, 0.15) is 24.9 Å². The maximum Gasteiger partial charge on any atom is 0.413 e. The van der Waals surface area contributed by atoms with Gasteiger partial charge < -0.3 is 29.0 Å². The third-order valence-corrected chi connectivity index (χ3v) is 11.6. The van der Waals surface area contributed by atoms with E-state index < -0.39 is 80.3 Å². The number of carbonyl (C=O) groups is 3. The maximum atomic E-state index is 13.0. The molecule has 0 aliphatic carbocycles. The zero-order valence-corrected chi connectivity index (χ0v) is 38.4. The number of carbonyl (C=O) groups excluding carboxylic acids is 3. The molecule has 0 aromatic heterocycles. The fraction of sp³-hybridized carbons (Fsp3) is 0.868. The molecule has 366 valence electrons. The van der Waals surface area contributed by atoms with Gasteiger partial charge in [0.15, 0.2) is 5.79 Å². The number of unbranched alkanes of at least 4 members (excludes halogenated alkanes) is 3. The third kappa shape index (κ3) is 24.6. The molecule has 25 heteroatoms.